The van der Waals surface area contributed by atoms with Crippen LogP contribution in [0.25, 0.3) is 5.65 Å². The molecule has 2 aromatic heterocycles. The van der Waals surface area contributed by atoms with Crippen molar-refractivity contribution < 1.29 is 0 Å². The minimum atomic E-state index is 0.698. The summed E-state index contributed by atoms with van der Waals surface area (Å²) in [6.07, 6.45) is 3.18. The van der Waals surface area contributed by atoms with Crippen LogP contribution in [-0.4, -0.2) is 34.2 Å². The van der Waals surface area contributed by atoms with E-state index in [1.807, 2.05) is 22.8 Å². The van der Waals surface area contributed by atoms with Gasteiger partial charge in [-0.25, -0.2) is 4.52 Å². The van der Waals surface area contributed by atoms with Crippen LogP contribution in [-0.2, 0) is 0 Å². The summed E-state index contributed by atoms with van der Waals surface area (Å²) in [7, 11) is 0. The highest BCUT2D eigenvalue weighted by atomic mass is 15.3. The fourth-order valence-electron chi connectivity index (χ4n) is 2.18. The molecular weight excluding hydrogens is 214 g/mol. The van der Waals surface area contributed by atoms with E-state index in [4.69, 9.17) is 0 Å². The Balaban J connectivity index is 1.72. The second kappa shape index (κ2) is 4.33. The van der Waals surface area contributed by atoms with Gasteiger partial charge in [-0.3, -0.25) is 0 Å². The van der Waals surface area contributed by atoms with E-state index in [1.165, 1.54) is 12.0 Å². The molecule has 2 aromatic rings. The molecule has 1 fully saturated rings. The van der Waals surface area contributed by atoms with Crippen molar-refractivity contribution in [3.63, 3.8) is 0 Å². The Kier molecular flexibility index (Phi) is 2.68. The molecule has 1 unspecified atom stereocenters. The van der Waals surface area contributed by atoms with E-state index < -0.39 is 0 Å². The molecule has 0 amide bonds. The fourth-order valence-corrected chi connectivity index (χ4v) is 2.18. The van der Waals surface area contributed by atoms with Crippen molar-refractivity contribution in [1.29, 1.82) is 0 Å². The van der Waals surface area contributed by atoms with Crippen molar-refractivity contribution in [3.05, 3.63) is 23.9 Å². The molecule has 1 aliphatic heterocycles. The summed E-state index contributed by atoms with van der Waals surface area (Å²) in [6.45, 7) is 5.23. The monoisotopic (exact) mass is 231 g/mol. The second-order valence-electron chi connectivity index (χ2n) is 4.68. The number of nitrogens with one attached hydrogen (secondary N) is 2. The summed E-state index contributed by atoms with van der Waals surface area (Å²) in [4.78, 5) is 4.45. The number of anilines is 1. The topological polar surface area (TPSA) is 54.2 Å². The van der Waals surface area contributed by atoms with Crippen molar-refractivity contribution in [2.45, 2.75) is 13.3 Å². The average molecular weight is 231 g/mol. The second-order valence-corrected chi connectivity index (χ2v) is 4.68. The number of hydrogen-bond donors (Lipinski definition) is 2. The standard InChI is InChI=1S/C12H17N5/c1-9-3-5-17-11(6-9)15-12(16-17)14-8-10-2-4-13-7-10/h3,5-6,10,13H,2,4,7-8H2,1H3,(H,14,16). The van der Waals surface area contributed by atoms with E-state index >= 15 is 0 Å². The van der Waals surface area contributed by atoms with Gasteiger partial charge in [-0.2, -0.15) is 4.98 Å². The lowest BCUT2D eigenvalue weighted by Gasteiger charge is -2.07. The van der Waals surface area contributed by atoms with Crippen LogP contribution in [0, 0.1) is 12.8 Å². The molecule has 0 aliphatic carbocycles. The molecule has 5 nitrogen and oxygen atoms in total. The molecule has 2 N–H and O–H groups in total. The molecular formula is C12H17N5. The van der Waals surface area contributed by atoms with Crippen LogP contribution in [0.4, 0.5) is 5.95 Å². The maximum absolute atomic E-state index is 4.45. The normalized spacial score (nSPS) is 19.9. The van der Waals surface area contributed by atoms with E-state index in [2.05, 4.69) is 27.6 Å². The number of pyridine rings is 1. The third-order valence-electron chi connectivity index (χ3n) is 3.20. The third kappa shape index (κ3) is 2.24. The molecule has 5 heteroatoms. The predicted octanol–water partition coefficient (Wildman–Crippen LogP) is 1.06. The van der Waals surface area contributed by atoms with E-state index in [0.717, 1.165) is 31.2 Å². The van der Waals surface area contributed by atoms with Gasteiger partial charge in [0, 0.05) is 12.7 Å². The molecule has 1 aliphatic rings. The molecule has 0 saturated carbocycles. The lowest BCUT2D eigenvalue weighted by molar-refractivity contribution is 0.613. The van der Waals surface area contributed by atoms with Crippen LogP contribution in [0.1, 0.15) is 12.0 Å². The first-order valence-corrected chi connectivity index (χ1v) is 6.09. The van der Waals surface area contributed by atoms with Gasteiger partial charge in [0.05, 0.1) is 0 Å². The van der Waals surface area contributed by atoms with E-state index in [1.54, 1.807) is 0 Å². The van der Waals surface area contributed by atoms with E-state index in [-0.39, 0.29) is 0 Å². The molecule has 17 heavy (non-hydrogen) atoms. The molecule has 0 aromatic carbocycles. The largest absolute Gasteiger partial charge is 0.353 e. The first-order chi connectivity index (χ1) is 8.31. The highest BCUT2D eigenvalue weighted by Gasteiger charge is 2.14. The molecule has 0 radical (unpaired) electrons. The van der Waals surface area contributed by atoms with Gasteiger partial charge in [0.2, 0.25) is 5.95 Å². The quantitative estimate of drug-likeness (QED) is 0.829. The van der Waals surface area contributed by atoms with Gasteiger partial charge in [0.1, 0.15) is 0 Å². The van der Waals surface area contributed by atoms with Gasteiger partial charge in [-0.1, -0.05) is 0 Å². The Hall–Kier alpha value is -1.62. The molecule has 0 bridgehead atoms. The molecule has 3 heterocycles. The van der Waals surface area contributed by atoms with Crippen LogP contribution in [0.2, 0.25) is 0 Å². The summed E-state index contributed by atoms with van der Waals surface area (Å²) >= 11 is 0. The average Bonchev–Trinajstić information content (AvgIpc) is 2.94. The van der Waals surface area contributed by atoms with Gasteiger partial charge in [-0.15, -0.1) is 5.10 Å². The van der Waals surface area contributed by atoms with Crippen LogP contribution in [0.15, 0.2) is 18.3 Å². The minimum absolute atomic E-state index is 0.698. The predicted molar refractivity (Wildman–Crippen MR) is 67.2 cm³/mol. The summed E-state index contributed by atoms with van der Waals surface area (Å²) in [5, 5.41) is 11.1. The van der Waals surface area contributed by atoms with Gasteiger partial charge in [-0.05, 0) is 50.0 Å². The summed E-state index contributed by atoms with van der Waals surface area (Å²) in [5.41, 5.74) is 2.11. The number of fused-ring (bicyclic) bond motifs is 1. The Morgan fingerprint density at radius 3 is 3.35 bits per heavy atom. The van der Waals surface area contributed by atoms with E-state index in [0.29, 0.717) is 5.92 Å². The third-order valence-corrected chi connectivity index (χ3v) is 3.20. The van der Waals surface area contributed by atoms with Crippen molar-refractivity contribution in [3.8, 4) is 0 Å². The van der Waals surface area contributed by atoms with Crippen LogP contribution in [0.5, 0.6) is 0 Å². The first-order valence-electron chi connectivity index (χ1n) is 6.09. The maximum Gasteiger partial charge on any atom is 0.243 e. The van der Waals surface area contributed by atoms with Gasteiger partial charge in [0.25, 0.3) is 0 Å². The Labute approximate surface area is 100 Å². The van der Waals surface area contributed by atoms with Crippen LogP contribution >= 0.6 is 0 Å². The summed E-state index contributed by atoms with van der Waals surface area (Å²) in [5.74, 6) is 1.42. The fraction of sp³-hybridized carbons (Fsp3) is 0.500. The Bertz CT molecular complexity index is 513. The highest BCUT2D eigenvalue weighted by Crippen LogP contribution is 2.10. The SMILES string of the molecule is Cc1ccn2nc(NCC3CCNC3)nc2c1. The van der Waals surface area contributed by atoms with Gasteiger partial charge in [0.15, 0.2) is 5.65 Å². The smallest absolute Gasteiger partial charge is 0.243 e. The van der Waals surface area contributed by atoms with Crippen molar-refractivity contribution in [2.75, 3.05) is 25.0 Å². The lowest BCUT2D eigenvalue weighted by atomic mass is 10.1. The zero-order chi connectivity index (χ0) is 11.7. The first kappa shape index (κ1) is 10.5. The van der Waals surface area contributed by atoms with Crippen LogP contribution < -0.4 is 10.6 Å². The number of aryl methyl sites for hydroxylation is 1. The molecule has 1 atom stereocenters. The molecule has 3 rings (SSSR count). The highest BCUT2D eigenvalue weighted by molar-refractivity contribution is 5.45. The zero-order valence-corrected chi connectivity index (χ0v) is 9.98. The van der Waals surface area contributed by atoms with E-state index in [9.17, 15) is 0 Å². The number of aromatic nitrogens is 3. The minimum Gasteiger partial charge on any atom is -0.353 e. The molecule has 90 valence electrons. The van der Waals surface area contributed by atoms with Gasteiger partial charge < -0.3 is 10.6 Å². The number of rotatable bonds is 3. The van der Waals surface area contributed by atoms with Crippen molar-refractivity contribution >= 4 is 11.6 Å². The Morgan fingerprint density at radius 2 is 2.53 bits per heavy atom. The Morgan fingerprint density at radius 1 is 1.59 bits per heavy atom. The zero-order valence-electron chi connectivity index (χ0n) is 9.98. The maximum atomic E-state index is 4.45. The molecule has 1 saturated heterocycles. The molecule has 0 spiro atoms. The number of hydrogen-bond acceptors (Lipinski definition) is 4. The van der Waals surface area contributed by atoms with Crippen molar-refractivity contribution in [1.82, 2.24) is 19.9 Å². The van der Waals surface area contributed by atoms with Crippen LogP contribution in [0.3, 0.4) is 0 Å². The summed E-state index contributed by atoms with van der Waals surface area (Å²) < 4.78 is 1.81. The van der Waals surface area contributed by atoms with Gasteiger partial charge >= 0.3 is 0 Å². The summed E-state index contributed by atoms with van der Waals surface area (Å²) in [6, 6.07) is 4.07. The number of nitrogens with zero attached hydrogens (tertiary/aromatic N) is 3. The lowest BCUT2D eigenvalue weighted by Crippen LogP contribution is -2.17. The van der Waals surface area contributed by atoms with Crippen molar-refractivity contribution in [2.24, 2.45) is 5.92 Å².